The summed E-state index contributed by atoms with van der Waals surface area (Å²) < 4.78 is 10.9. The second-order valence-electron chi connectivity index (χ2n) is 7.23. The first kappa shape index (κ1) is 22.8. The first-order chi connectivity index (χ1) is 13.7. The Hall–Kier alpha value is -1.47. The molecule has 2 rings (SSSR count). The largest absolute Gasteiger partial charge is 0.379 e. The summed E-state index contributed by atoms with van der Waals surface area (Å²) in [4.78, 5) is 16.7. The average molecular weight is 392 g/mol. The molecule has 1 N–H and O–H groups in total. The maximum atomic E-state index is 12.3. The Morgan fingerprint density at radius 3 is 2.21 bits per heavy atom. The molecule has 1 aromatic carbocycles. The SMILES string of the molecule is CCCOCCOCCC(=O)N1CCN(Cc2ccc(CNCC)cc2)CC1. The number of benzene rings is 1. The molecule has 0 unspecified atom stereocenters. The summed E-state index contributed by atoms with van der Waals surface area (Å²) in [5, 5.41) is 3.35. The van der Waals surface area contributed by atoms with Crippen molar-refractivity contribution in [3.8, 4) is 0 Å². The van der Waals surface area contributed by atoms with Crippen LogP contribution >= 0.6 is 0 Å². The summed E-state index contributed by atoms with van der Waals surface area (Å²) in [5.74, 6) is 0.196. The molecule has 1 fully saturated rings. The number of amides is 1. The zero-order valence-corrected chi connectivity index (χ0v) is 17.6. The standard InChI is InChI=1S/C22H37N3O3/c1-3-14-27-16-17-28-15-9-22(26)25-12-10-24(11-13-25)19-21-7-5-20(6-8-21)18-23-4-2/h5-8,23H,3-4,9-19H2,1-2H3. The highest BCUT2D eigenvalue weighted by Gasteiger charge is 2.20. The van der Waals surface area contributed by atoms with E-state index in [1.165, 1.54) is 11.1 Å². The number of carbonyl (C=O) groups excluding carboxylic acids is 1. The number of ether oxygens (including phenoxy) is 2. The van der Waals surface area contributed by atoms with Gasteiger partial charge in [-0.1, -0.05) is 38.1 Å². The third-order valence-corrected chi connectivity index (χ3v) is 4.91. The van der Waals surface area contributed by atoms with E-state index in [1.807, 2.05) is 4.90 Å². The number of rotatable bonds is 13. The minimum absolute atomic E-state index is 0.196. The molecule has 0 spiro atoms. The topological polar surface area (TPSA) is 54.0 Å². The molecule has 1 amide bonds. The molecule has 1 aliphatic rings. The van der Waals surface area contributed by atoms with Crippen molar-refractivity contribution >= 4 is 5.91 Å². The van der Waals surface area contributed by atoms with Gasteiger partial charge in [-0.05, 0) is 24.1 Å². The zero-order valence-electron chi connectivity index (χ0n) is 17.6. The fourth-order valence-electron chi connectivity index (χ4n) is 3.23. The van der Waals surface area contributed by atoms with Crippen molar-refractivity contribution in [3.63, 3.8) is 0 Å². The van der Waals surface area contributed by atoms with Crippen LogP contribution in [0.2, 0.25) is 0 Å². The van der Waals surface area contributed by atoms with Crippen molar-refractivity contribution in [2.24, 2.45) is 0 Å². The lowest BCUT2D eigenvalue weighted by Gasteiger charge is -2.34. The third-order valence-electron chi connectivity index (χ3n) is 4.91. The molecule has 6 nitrogen and oxygen atoms in total. The van der Waals surface area contributed by atoms with Crippen LogP contribution in [0.15, 0.2) is 24.3 Å². The normalized spacial score (nSPS) is 15.1. The zero-order chi connectivity index (χ0) is 20.0. The maximum Gasteiger partial charge on any atom is 0.224 e. The number of hydrogen-bond acceptors (Lipinski definition) is 5. The Labute approximate surface area is 170 Å². The monoisotopic (exact) mass is 391 g/mol. The highest BCUT2D eigenvalue weighted by Crippen LogP contribution is 2.11. The van der Waals surface area contributed by atoms with Gasteiger partial charge in [0.1, 0.15) is 0 Å². The van der Waals surface area contributed by atoms with Gasteiger partial charge in [-0.25, -0.2) is 0 Å². The number of carbonyl (C=O) groups is 1. The van der Waals surface area contributed by atoms with Crippen LogP contribution in [0, 0.1) is 0 Å². The molecule has 1 heterocycles. The quantitative estimate of drug-likeness (QED) is 0.523. The predicted octanol–water partition coefficient (Wildman–Crippen LogP) is 2.27. The molecule has 0 radical (unpaired) electrons. The minimum Gasteiger partial charge on any atom is -0.379 e. The molecule has 158 valence electrons. The lowest BCUT2D eigenvalue weighted by molar-refractivity contribution is -0.134. The van der Waals surface area contributed by atoms with E-state index in [0.29, 0.717) is 26.2 Å². The average Bonchev–Trinajstić information content (AvgIpc) is 2.73. The van der Waals surface area contributed by atoms with E-state index in [9.17, 15) is 4.79 Å². The van der Waals surface area contributed by atoms with Crippen LogP contribution in [0.4, 0.5) is 0 Å². The fraction of sp³-hybridized carbons (Fsp3) is 0.682. The second-order valence-corrected chi connectivity index (χ2v) is 7.23. The van der Waals surface area contributed by atoms with Gasteiger partial charge in [-0.3, -0.25) is 9.69 Å². The summed E-state index contributed by atoms with van der Waals surface area (Å²) >= 11 is 0. The van der Waals surface area contributed by atoms with Crippen LogP contribution in [0.1, 0.15) is 37.8 Å². The summed E-state index contributed by atoms with van der Waals surface area (Å²) in [6.07, 6.45) is 1.48. The van der Waals surface area contributed by atoms with Crippen LogP contribution < -0.4 is 5.32 Å². The van der Waals surface area contributed by atoms with E-state index in [4.69, 9.17) is 9.47 Å². The molecule has 0 aromatic heterocycles. The number of hydrogen-bond donors (Lipinski definition) is 1. The number of nitrogens with one attached hydrogen (secondary N) is 1. The Morgan fingerprint density at radius 2 is 1.57 bits per heavy atom. The molecule has 0 bridgehead atoms. The Kier molecular flexibility index (Phi) is 11.1. The van der Waals surface area contributed by atoms with Gasteiger partial charge in [0.2, 0.25) is 5.91 Å². The maximum absolute atomic E-state index is 12.3. The Morgan fingerprint density at radius 1 is 0.929 bits per heavy atom. The van der Waals surface area contributed by atoms with Gasteiger partial charge in [-0.15, -0.1) is 0 Å². The van der Waals surface area contributed by atoms with Crippen LogP contribution in [0.3, 0.4) is 0 Å². The highest BCUT2D eigenvalue weighted by atomic mass is 16.5. The van der Waals surface area contributed by atoms with E-state index >= 15 is 0 Å². The van der Waals surface area contributed by atoms with Crippen molar-refractivity contribution in [1.82, 2.24) is 15.1 Å². The first-order valence-electron chi connectivity index (χ1n) is 10.7. The van der Waals surface area contributed by atoms with E-state index in [1.54, 1.807) is 0 Å². The molecule has 1 aromatic rings. The van der Waals surface area contributed by atoms with Crippen LogP contribution in [0.25, 0.3) is 0 Å². The van der Waals surface area contributed by atoms with Gasteiger partial charge < -0.3 is 19.7 Å². The summed E-state index contributed by atoms with van der Waals surface area (Å²) in [7, 11) is 0. The fourth-order valence-corrected chi connectivity index (χ4v) is 3.23. The minimum atomic E-state index is 0.196. The lowest BCUT2D eigenvalue weighted by Crippen LogP contribution is -2.48. The Balaban J connectivity index is 1.59. The molecule has 1 saturated heterocycles. The smallest absolute Gasteiger partial charge is 0.224 e. The van der Waals surface area contributed by atoms with E-state index in [2.05, 4.69) is 48.3 Å². The number of piperazine rings is 1. The van der Waals surface area contributed by atoms with Gasteiger partial charge in [0.05, 0.1) is 26.2 Å². The van der Waals surface area contributed by atoms with Crippen molar-refractivity contribution < 1.29 is 14.3 Å². The van der Waals surface area contributed by atoms with Crippen LogP contribution in [-0.4, -0.2) is 74.9 Å². The van der Waals surface area contributed by atoms with Crippen LogP contribution in [-0.2, 0) is 27.4 Å². The van der Waals surface area contributed by atoms with Gasteiger partial charge in [0.15, 0.2) is 0 Å². The van der Waals surface area contributed by atoms with E-state index in [-0.39, 0.29) is 5.91 Å². The lowest BCUT2D eigenvalue weighted by atomic mass is 10.1. The van der Waals surface area contributed by atoms with Gasteiger partial charge in [0, 0.05) is 45.9 Å². The third kappa shape index (κ3) is 8.69. The highest BCUT2D eigenvalue weighted by molar-refractivity contribution is 5.76. The number of nitrogens with zero attached hydrogens (tertiary/aromatic N) is 2. The van der Waals surface area contributed by atoms with Crippen LogP contribution in [0.5, 0.6) is 0 Å². The van der Waals surface area contributed by atoms with E-state index < -0.39 is 0 Å². The molecule has 0 saturated carbocycles. The molecule has 0 aliphatic carbocycles. The van der Waals surface area contributed by atoms with Crippen molar-refractivity contribution in [3.05, 3.63) is 35.4 Å². The van der Waals surface area contributed by atoms with Gasteiger partial charge >= 0.3 is 0 Å². The van der Waals surface area contributed by atoms with Crippen molar-refractivity contribution in [2.75, 3.05) is 59.2 Å². The molecule has 6 heteroatoms. The molecule has 0 atom stereocenters. The summed E-state index contributed by atoms with van der Waals surface area (Å²) in [6.45, 7) is 12.9. The second kappa shape index (κ2) is 13.7. The Bertz CT molecular complexity index is 542. The predicted molar refractivity (Wildman–Crippen MR) is 112 cm³/mol. The molecule has 1 aliphatic heterocycles. The van der Waals surface area contributed by atoms with E-state index in [0.717, 1.165) is 58.8 Å². The van der Waals surface area contributed by atoms with Gasteiger partial charge in [0.25, 0.3) is 0 Å². The summed E-state index contributed by atoms with van der Waals surface area (Å²) in [5.41, 5.74) is 2.65. The summed E-state index contributed by atoms with van der Waals surface area (Å²) in [6, 6.07) is 8.83. The molecular weight excluding hydrogens is 354 g/mol. The van der Waals surface area contributed by atoms with Crippen molar-refractivity contribution in [1.29, 1.82) is 0 Å². The molecule has 28 heavy (non-hydrogen) atoms. The van der Waals surface area contributed by atoms with Crippen molar-refractivity contribution in [2.45, 2.75) is 39.8 Å². The molecular formula is C22H37N3O3. The first-order valence-corrected chi connectivity index (χ1v) is 10.7. The van der Waals surface area contributed by atoms with Gasteiger partial charge in [-0.2, -0.15) is 0 Å².